The van der Waals surface area contributed by atoms with Crippen molar-refractivity contribution >= 4 is 61.6 Å². The molecule has 0 atom stereocenters. The van der Waals surface area contributed by atoms with Crippen LogP contribution in [0.4, 0.5) is 14.5 Å². The van der Waals surface area contributed by atoms with Crippen LogP contribution in [0.2, 0.25) is 4.34 Å². The molecule has 13 heteroatoms. The molecular weight excluding hydrogens is 559 g/mol. The lowest BCUT2D eigenvalue weighted by Gasteiger charge is -2.10. The van der Waals surface area contributed by atoms with Crippen molar-refractivity contribution in [2.75, 3.05) is 0 Å². The minimum Gasteiger partial charge on any atom is -0.420 e. The number of nitrogens with zero attached hydrogens (tertiary/aromatic N) is 2. The van der Waals surface area contributed by atoms with Gasteiger partial charge in [0.1, 0.15) is 5.75 Å². The van der Waals surface area contributed by atoms with E-state index >= 15 is 0 Å². The third-order valence-corrected chi connectivity index (χ3v) is 7.92. The number of sulfonamides is 1. The average Bonchev–Trinajstić information content (AvgIpc) is 3.38. The zero-order chi connectivity index (χ0) is 25.2. The highest BCUT2D eigenvalue weighted by Gasteiger charge is 2.27. The van der Waals surface area contributed by atoms with Crippen molar-refractivity contribution in [3.05, 3.63) is 80.7 Å². The lowest BCUT2D eigenvalue weighted by molar-refractivity contribution is -0.0964. The van der Waals surface area contributed by atoms with Gasteiger partial charge in [0.15, 0.2) is 4.80 Å². The van der Waals surface area contributed by atoms with Crippen LogP contribution in [0.15, 0.2) is 75.9 Å². The highest BCUT2D eigenvalue weighted by atomic mass is 35.5. The second-order valence-corrected chi connectivity index (χ2v) is 11.8. The first-order valence-corrected chi connectivity index (χ1v) is 13.9. The molecule has 2 aromatic heterocycles. The Morgan fingerprint density at radius 1 is 1.06 bits per heavy atom. The van der Waals surface area contributed by atoms with E-state index in [0.717, 1.165) is 16.1 Å². The predicted octanol–water partition coefficient (Wildman–Crippen LogP) is 6.22. The van der Waals surface area contributed by atoms with Gasteiger partial charge in [-0.1, -0.05) is 23.7 Å². The Balaban J connectivity index is 1.65. The monoisotopic (exact) mass is 575 g/mol. The maximum Gasteiger partial charge on any atom is 0.487 e. The first kappa shape index (κ1) is 25.8. The summed E-state index contributed by atoms with van der Waals surface area (Å²) in [5, 5.41) is 7.14. The Morgan fingerprint density at radius 3 is 2.31 bits per heavy atom. The number of hydrogen-bond acceptors (Lipinski definition) is 6. The zero-order valence-electron chi connectivity index (χ0n) is 17.7. The minimum atomic E-state index is -3.79. The Hall–Kier alpha value is -2.28. The van der Waals surface area contributed by atoms with E-state index in [1.165, 1.54) is 46.9 Å². The van der Waals surface area contributed by atoms with Gasteiger partial charge in [-0.15, -0.1) is 31.5 Å². The molecule has 0 aliphatic rings. The highest BCUT2D eigenvalue weighted by Crippen LogP contribution is 2.32. The Bertz CT molecular complexity index is 1490. The number of halogens is 4. The van der Waals surface area contributed by atoms with Gasteiger partial charge in [-0.2, -0.15) is 0 Å². The molecule has 0 amide bonds. The van der Waals surface area contributed by atoms with Crippen molar-refractivity contribution in [1.29, 1.82) is 0 Å². The summed E-state index contributed by atoms with van der Waals surface area (Å²) in [5.41, 5.74) is -1.41. The standard InChI is InChI=1S/C22H17Cl2F2N3O3S3/c23-20-10-9-19(34-20)18-13-33-21(28-15-3-5-16(6-4-15)32-22(24,25)26)29(18)12-11-14-1-7-17(8-2-14)35(27,30)31/h1-10,13H,11-12H2,(H2,27,30,31). The van der Waals surface area contributed by atoms with Gasteiger partial charge in [0.05, 0.1) is 25.5 Å². The van der Waals surface area contributed by atoms with Crippen molar-refractivity contribution in [3.63, 3.8) is 0 Å². The number of hydrogen-bond donors (Lipinski definition) is 1. The number of primary sulfonamides is 1. The van der Waals surface area contributed by atoms with Crippen LogP contribution in [-0.4, -0.2) is 18.6 Å². The Labute approximate surface area is 217 Å². The summed E-state index contributed by atoms with van der Waals surface area (Å²) in [4.78, 5) is 6.37. The molecule has 0 aliphatic heterocycles. The smallest absolute Gasteiger partial charge is 0.420 e. The van der Waals surface area contributed by atoms with Crippen molar-refractivity contribution in [1.82, 2.24) is 4.57 Å². The normalized spacial score (nSPS) is 12.8. The minimum absolute atomic E-state index is 0.0494. The van der Waals surface area contributed by atoms with Crippen LogP contribution in [0.1, 0.15) is 5.56 Å². The van der Waals surface area contributed by atoms with E-state index in [0.29, 0.717) is 27.8 Å². The number of rotatable bonds is 8. The molecule has 0 fully saturated rings. The zero-order valence-corrected chi connectivity index (χ0v) is 21.7. The van der Waals surface area contributed by atoms with Crippen LogP contribution >= 0.6 is 45.9 Å². The number of thiazole rings is 1. The van der Waals surface area contributed by atoms with Crippen molar-refractivity contribution < 1.29 is 21.9 Å². The number of nitrogens with two attached hydrogens (primary N) is 1. The third kappa shape index (κ3) is 6.90. The molecule has 4 aromatic rings. The van der Waals surface area contributed by atoms with Crippen molar-refractivity contribution in [2.24, 2.45) is 10.1 Å². The van der Waals surface area contributed by atoms with Gasteiger partial charge in [-0.3, -0.25) is 0 Å². The van der Waals surface area contributed by atoms with Gasteiger partial charge in [-0.25, -0.2) is 18.5 Å². The van der Waals surface area contributed by atoms with Crippen molar-refractivity contribution in [2.45, 2.75) is 23.4 Å². The largest absolute Gasteiger partial charge is 0.487 e. The van der Waals surface area contributed by atoms with Gasteiger partial charge < -0.3 is 9.30 Å². The van der Waals surface area contributed by atoms with Crippen LogP contribution in [0.25, 0.3) is 10.6 Å². The quantitative estimate of drug-likeness (QED) is 0.253. The highest BCUT2D eigenvalue weighted by molar-refractivity contribution is 7.89. The fourth-order valence-corrected chi connectivity index (χ4v) is 5.90. The molecule has 2 aromatic carbocycles. The van der Waals surface area contributed by atoms with Gasteiger partial charge >= 0.3 is 5.57 Å². The summed E-state index contributed by atoms with van der Waals surface area (Å²) in [5.74, 6) is -0.0835. The van der Waals surface area contributed by atoms with Crippen LogP contribution in [0.5, 0.6) is 5.75 Å². The molecule has 0 saturated carbocycles. The van der Waals surface area contributed by atoms with Gasteiger partial charge in [-0.05, 0) is 60.5 Å². The third-order valence-electron chi connectivity index (χ3n) is 4.79. The number of aromatic nitrogens is 1. The molecule has 0 radical (unpaired) electrons. The first-order valence-electron chi connectivity index (χ1n) is 9.94. The second kappa shape index (κ2) is 10.4. The molecule has 2 heterocycles. The molecule has 35 heavy (non-hydrogen) atoms. The summed E-state index contributed by atoms with van der Waals surface area (Å²) in [7, 11) is -3.76. The molecular formula is C22H17Cl2F2N3O3S3. The SMILES string of the molecule is NS(=O)(=O)c1ccc(CCn2c(-c3ccc(Cl)s3)csc2=Nc2ccc(OC(F)(F)Cl)cc2)cc1. The van der Waals surface area contributed by atoms with E-state index in [1.807, 2.05) is 22.1 Å². The molecule has 0 bridgehead atoms. The summed E-state index contributed by atoms with van der Waals surface area (Å²) >= 11 is 13.8. The van der Waals surface area contributed by atoms with Crippen LogP contribution in [-0.2, 0) is 23.0 Å². The molecule has 0 unspecified atom stereocenters. The van der Waals surface area contributed by atoms with E-state index in [9.17, 15) is 17.2 Å². The molecule has 0 aliphatic carbocycles. The topological polar surface area (TPSA) is 86.7 Å². The van der Waals surface area contributed by atoms with Crippen LogP contribution in [0.3, 0.4) is 0 Å². The van der Waals surface area contributed by atoms with E-state index < -0.39 is 15.6 Å². The number of benzene rings is 2. The average molecular weight is 576 g/mol. The van der Waals surface area contributed by atoms with E-state index in [-0.39, 0.29) is 10.6 Å². The fourth-order valence-electron chi connectivity index (χ4n) is 3.20. The molecule has 2 N–H and O–H groups in total. The van der Waals surface area contributed by atoms with Gasteiger partial charge in [0.2, 0.25) is 10.0 Å². The number of alkyl halides is 3. The summed E-state index contributed by atoms with van der Waals surface area (Å²) in [6, 6.07) is 16.0. The molecule has 0 saturated heterocycles. The lowest BCUT2D eigenvalue weighted by atomic mass is 10.1. The second-order valence-electron chi connectivity index (χ2n) is 7.25. The fraction of sp³-hybridized carbons (Fsp3) is 0.136. The molecule has 6 nitrogen and oxygen atoms in total. The number of aryl methyl sites for hydroxylation is 1. The molecule has 4 rings (SSSR count). The summed E-state index contributed by atoms with van der Waals surface area (Å²) in [6.07, 6.45) is 0.596. The summed E-state index contributed by atoms with van der Waals surface area (Å²) in [6.45, 7) is 0.543. The van der Waals surface area contributed by atoms with E-state index in [2.05, 4.69) is 9.73 Å². The van der Waals surface area contributed by atoms with Crippen LogP contribution in [0, 0.1) is 0 Å². The maximum atomic E-state index is 12.9. The Kier molecular flexibility index (Phi) is 7.65. The van der Waals surface area contributed by atoms with E-state index in [1.54, 1.807) is 24.3 Å². The Morgan fingerprint density at radius 2 is 1.74 bits per heavy atom. The van der Waals surface area contributed by atoms with E-state index in [4.69, 9.17) is 28.3 Å². The van der Waals surface area contributed by atoms with Crippen molar-refractivity contribution in [3.8, 4) is 16.3 Å². The first-order chi connectivity index (χ1) is 16.5. The maximum absolute atomic E-state index is 12.9. The molecule has 0 spiro atoms. The number of ether oxygens (including phenoxy) is 1. The van der Waals surface area contributed by atoms with Crippen LogP contribution < -0.4 is 14.7 Å². The molecule has 184 valence electrons. The number of thiophene rings is 1. The summed E-state index contributed by atoms with van der Waals surface area (Å²) < 4.78 is 55.7. The lowest BCUT2D eigenvalue weighted by Crippen LogP contribution is -2.17. The van der Waals surface area contributed by atoms with Gasteiger partial charge in [0, 0.05) is 23.5 Å². The van der Waals surface area contributed by atoms with Gasteiger partial charge in [0.25, 0.3) is 0 Å². The predicted molar refractivity (Wildman–Crippen MR) is 135 cm³/mol.